The second-order valence-electron chi connectivity index (χ2n) is 6.95. The first-order chi connectivity index (χ1) is 13.7. The van der Waals surface area contributed by atoms with Gasteiger partial charge >= 0.3 is 0 Å². The van der Waals surface area contributed by atoms with Gasteiger partial charge in [0.1, 0.15) is 0 Å². The van der Waals surface area contributed by atoms with Crippen LogP contribution in [0.1, 0.15) is 39.9 Å². The van der Waals surface area contributed by atoms with Crippen molar-refractivity contribution in [1.29, 1.82) is 5.26 Å². The van der Waals surface area contributed by atoms with Crippen molar-refractivity contribution < 1.29 is 4.79 Å². The summed E-state index contributed by atoms with van der Waals surface area (Å²) in [6.07, 6.45) is 3.66. The largest absolute Gasteiger partial charge is 0.291 e. The van der Waals surface area contributed by atoms with Gasteiger partial charge in [-0.2, -0.15) is 5.26 Å². The van der Waals surface area contributed by atoms with Crippen molar-refractivity contribution in [2.24, 2.45) is 0 Å². The summed E-state index contributed by atoms with van der Waals surface area (Å²) in [5, 5.41) is 10.5. The van der Waals surface area contributed by atoms with E-state index in [9.17, 15) is 10.1 Å². The molecule has 1 aliphatic heterocycles. The Morgan fingerprint density at radius 1 is 0.929 bits per heavy atom. The van der Waals surface area contributed by atoms with E-state index in [-0.39, 0.29) is 11.8 Å². The first-order valence-electron chi connectivity index (χ1n) is 9.31. The summed E-state index contributed by atoms with van der Waals surface area (Å²) in [5.41, 5.74) is 2.25. The summed E-state index contributed by atoms with van der Waals surface area (Å²) in [6.45, 7) is 2.01. The minimum atomic E-state index is -1.14. The average Bonchev–Trinajstić information content (AvgIpc) is 2.78. The third-order valence-electron chi connectivity index (χ3n) is 5.49. The number of rotatable bonds is 3. The molecule has 0 saturated carbocycles. The van der Waals surface area contributed by atoms with Gasteiger partial charge in [-0.05, 0) is 29.3 Å². The Morgan fingerprint density at radius 3 is 2.21 bits per heavy atom. The summed E-state index contributed by atoms with van der Waals surface area (Å²) >= 11 is 0. The highest BCUT2D eigenvalue weighted by atomic mass is 16.2. The lowest BCUT2D eigenvalue weighted by Crippen LogP contribution is -2.50. The highest BCUT2D eigenvalue weighted by Gasteiger charge is 2.49. The van der Waals surface area contributed by atoms with Crippen molar-refractivity contribution in [1.82, 2.24) is 4.90 Å². The second kappa shape index (κ2) is 7.17. The standard InChI is InChI=1S/C25H20N2O/c1-19(20-10-4-2-5-11-20)25(18-26)23-15-9-8-12-21(23)16-17-27(25)24(28)22-13-6-3-7-14-22/h2-17,19H,1H3/t19-,25+/m1/s1. The van der Waals surface area contributed by atoms with E-state index in [2.05, 4.69) is 6.07 Å². The fraction of sp³-hybridized carbons (Fsp3) is 0.120. The second-order valence-corrected chi connectivity index (χ2v) is 6.95. The van der Waals surface area contributed by atoms with Gasteiger partial charge in [-0.3, -0.25) is 9.69 Å². The Kier molecular flexibility index (Phi) is 4.55. The molecule has 4 rings (SSSR count). The van der Waals surface area contributed by atoms with Gasteiger partial charge in [-0.15, -0.1) is 0 Å². The molecule has 3 aromatic carbocycles. The summed E-state index contributed by atoms with van der Waals surface area (Å²) in [7, 11) is 0. The van der Waals surface area contributed by atoms with Gasteiger partial charge < -0.3 is 0 Å². The van der Waals surface area contributed by atoms with E-state index in [0.717, 1.165) is 16.7 Å². The number of fused-ring (bicyclic) bond motifs is 1. The maximum absolute atomic E-state index is 13.4. The quantitative estimate of drug-likeness (QED) is 0.630. The summed E-state index contributed by atoms with van der Waals surface area (Å²) in [6, 6.07) is 29.4. The molecule has 0 radical (unpaired) electrons. The molecule has 136 valence electrons. The number of carbonyl (C=O) groups is 1. The Labute approximate surface area is 165 Å². The van der Waals surface area contributed by atoms with Gasteiger partial charge in [-0.1, -0.05) is 79.7 Å². The zero-order chi connectivity index (χ0) is 19.6. The van der Waals surface area contributed by atoms with Crippen LogP contribution < -0.4 is 0 Å². The van der Waals surface area contributed by atoms with Crippen molar-refractivity contribution in [3.63, 3.8) is 0 Å². The number of hydrogen-bond acceptors (Lipinski definition) is 2. The fourth-order valence-electron chi connectivity index (χ4n) is 3.98. The summed E-state index contributed by atoms with van der Waals surface area (Å²) in [4.78, 5) is 15.0. The van der Waals surface area contributed by atoms with Crippen LogP contribution >= 0.6 is 0 Å². The van der Waals surface area contributed by atoms with Gasteiger partial charge in [0.2, 0.25) is 0 Å². The molecule has 0 spiro atoms. The van der Waals surface area contributed by atoms with Crippen LogP contribution in [0.2, 0.25) is 0 Å². The monoisotopic (exact) mass is 364 g/mol. The van der Waals surface area contributed by atoms with Crippen LogP contribution in [0.25, 0.3) is 6.08 Å². The van der Waals surface area contributed by atoms with Crippen LogP contribution in [0.3, 0.4) is 0 Å². The topological polar surface area (TPSA) is 44.1 Å². The fourth-order valence-corrected chi connectivity index (χ4v) is 3.98. The van der Waals surface area contributed by atoms with Crippen molar-refractivity contribution in [2.75, 3.05) is 0 Å². The highest BCUT2D eigenvalue weighted by Crippen LogP contribution is 2.46. The molecule has 3 nitrogen and oxygen atoms in total. The average molecular weight is 364 g/mol. The molecule has 28 heavy (non-hydrogen) atoms. The smallest absolute Gasteiger partial charge is 0.259 e. The van der Waals surface area contributed by atoms with Crippen LogP contribution in [0.5, 0.6) is 0 Å². The molecule has 1 heterocycles. The lowest BCUT2D eigenvalue weighted by atomic mass is 9.72. The van der Waals surface area contributed by atoms with Gasteiger partial charge in [0.15, 0.2) is 5.54 Å². The molecule has 0 saturated heterocycles. The van der Waals surface area contributed by atoms with Crippen molar-refractivity contribution in [3.05, 3.63) is 113 Å². The van der Waals surface area contributed by atoms with E-state index in [1.54, 1.807) is 23.2 Å². The van der Waals surface area contributed by atoms with E-state index in [1.165, 1.54) is 0 Å². The molecule has 2 atom stereocenters. The lowest BCUT2D eigenvalue weighted by Gasteiger charge is -2.44. The molecule has 0 aromatic heterocycles. The van der Waals surface area contributed by atoms with E-state index < -0.39 is 5.54 Å². The Hall–Kier alpha value is -3.64. The first kappa shape index (κ1) is 17.8. The molecular weight excluding hydrogens is 344 g/mol. The van der Waals surface area contributed by atoms with E-state index in [1.807, 2.05) is 85.8 Å². The lowest BCUT2D eigenvalue weighted by molar-refractivity contribution is 0.0664. The molecule has 1 aliphatic rings. The van der Waals surface area contributed by atoms with Crippen LogP contribution in [0.15, 0.2) is 91.1 Å². The zero-order valence-electron chi connectivity index (χ0n) is 15.6. The number of hydrogen-bond donors (Lipinski definition) is 0. The van der Waals surface area contributed by atoms with Crippen LogP contribution in [-0.4, -0.2) is 10.8 Å². The van der Waals surface area contributed by atoms with Gasteiger partial charge in [-0.25, -0.2) is 0 Å². The molecule has 3 heteroatoms. The molecule has 3 aromatic rings. The third-order valence-corrected chi connectivity index (χ3v) is 5.49. The predicted octanol–water partition coefficient (Wildman–Crippen LogP) is 5.34. The summed E-state index contributed by atoms with van der Waals surface area (Å²) < 4.78 is 0. The molecule has 0 N–H and O–H groups in total. The SMILES string of the molecule is C[C@H](c1ccccc1)[C@@]1(C#N)c2ccccc2C=CN1C(=O)c1ccccc1. The zero-order valence-corrected chi connectivity index (χ0v) is 15.6. The van der Waals surface area contributed by atoms with Crippen LogP contribution in [-0.2, 0) is 5.54 Å². The predicted molar refractivity (Wildman–Crippen MR) is 110 cm³/mol. The molecule has 0 bridgehead atoms. The Bertz CT molecular complexity index is 1070. The van der Waals surface area contributed by atoms with Crippen molar-refractivity contribution >= 4 is 12.0 Å². The minimum absolute atomic E-state index is 0.185. The highest BCUT2D eigenvalue weighted by molar-refractivity contribution is 5.97. The van der Waals surface area contributed by atoms with E-state index in [0.29, 0.717) is 5.56 Å². The van der Waals surface area contributed by atoms with Crippen molar-refractivity contribution in [3.8, 4) is 6.07 Å². The number of nitriles is 1. The first-order valence-corrected chi connectivity index (χ1v) is 9.31. The molecule has 0 aliphatic carbocycles. The van der Waals surface area contributed by atoms with E-state index >= 15 is 0 Å². The number of benzene rings is 3. The van der Waals surface area contributed by atoms with Crippen molar-refractivity contribution in [2.45, 2.75) is 18.4 Å². The number of nitrogens with zero attached hydrogens (tertiary/aromatic N) is 2. The van der Waals surface area contributed by atoms with Crippen LogP contribution in [0.4, 0.5) is 0 Å². The maximum Gasteiger partial charge on any atom is 0.259 e. The van der Waals surface area contributed by atoms with Gasteiger partial charge in [0.25, 0.3) is 5.91 Å². The van der Waals surface area contributed by atoms with Gasteiger partial charge in [0.05, 0.1) is 6.07 Å². The molecule has 1 amide bonds. The van der Waals surface area contributed by atoms with Gasteiger partial charge in [0, 0.05) is 23.2 Å². The molecular formula is C25H20N2O. The van der Waals surface area contributed by atoms with E-state index in [4.69, 9.17) is 0 Å². The van der Waals surface area contributed by atoms with Crippen LogP contribution in [0, 0.1) is 11.3 Å². The number of amides is 1. The maximum atomic E-state index is 13.4. The number of carbonyl (C=O) groups excluding carboxylic acids is 1. The third kappa shape index (κ3) is 2.71. The minimum Gasteiger partial charge on any atom is -0.291 e. The summed E-state index contributed by atoms with van der Waals surface area (Å²) in [5.74, 6) is -0.409. The normalized spacial score (nSPS) is 18.8. The molecule has 0 fully saturated rings. The Morgan fingerprint density at radius 2 is 1.54 bits per heavy atom. The molecule has 0 unspecified atom stereocenters. The Balaban J connectivity index is 1.93.